The number of hydrogen-bond acceptors (Lipinski definition) is 1. The SMILES string of the molecule is CCCCC(CC)(CNC(C)C)Cc1ccc(Cl)c(Cl)c1. The molecule has 1 aromatic rings. The Bertz CT molecular complexity index is 431. The number of unbranched alkanes of at least 4 members (excludes halogenated alkanes) is 1. The highest BCUT2D eigenvalue weighted by Gasteiger charge is 2.28. The van der Waals surface area contributed by atoms with Gasteiger partial charge in [0.25, 0.3) is 0 Å². The van der Waals surface area contributed by atoms with Gasteiger partial charge in [-0.25, -0.2) is 0 Å². The number of nitrogens with one attached hydrogen (secondary N) is 1. The van der Waals surface area contributed by atoms with Crippen molar-refractivity contribution >= 4 is 23.2 Å². The summed E-state index contributed by atoms with van der Waals surface area (Å²) in [4.78, 5) is 0. The molecule has 0 fully saturated rings. The van der Waals surface area contributed by atoms with E-state index in [2.05, 4.69) is 39.1 Å². The van der Waals surface area contributed by atoms with Crippen molar-refractivity contribution in [2.24, 2.45) is 5.41 Å². The first-order chi connectivity index (χ1) is 9.92. The molecule has 3 heteroatoms. The van der Waals surface area contributed by atoms with Crippen molar-refractivity contribution in [2.45, 2.75) is 65.8 Å². The zero-order valence-corrected chi connectivity index (χ0v) is 15.3. The van der Waals surface area contributed by atoms with Gasteiger partial charge in [-0.1, -0.05) is 69.8 Å². The van der Waals surface area contributed by atoms with Gasteiger partial charge in [-0.3, -0.25) is 0 Å². The van der Waals surface area contributed by atoms with E-state index in [0.29, 0.717) is 21.5 Å². The van der Waals surface area contributed by atoms with Gasteiger partial charge in [-0.15, -0.1) is 0 Å². The monoisotopic (exact) mass is 329 g/mol. The number of halogens is 2. The highest BCUT2D eigenvalue weighted by molar-refractivity contribution is 6.42. The van der Waals surface area contributed by atoms with Crippen LogP contribution >= 0.6 is 23.2 Å². The van der Waals surface area contributed by atoms with Crippen LogP contribution in [0.2, 0.25) is 10.0 Å². The van der Waals surface area contributed by atoms with Gasteiger partial charge in [0.2, 0.25) is 0 Å². The van der Waals surface area contributed by atoms with Gasteiger partial charge >= 0.3 is 0 Å². The Morgan fingerprint density at radius 1 is 1.14 bits per heavy atom. The Kier molecular flexibility index (Phi) is 8.08. The van der Waals surface area contributed by atoms with E-state index in [1.54, 1.807) is 0 Å². The molecular formula is C18H29Cl2N. The minimum atomic E-state index is 0.303. The number of hydrogen-bond donors (Lipinski definition) is 1. The molecule has 1 N–H and O–H groups in total. The maximum absolute atomic E-state index is 6.17. The van der Waals surface area contributed by atoms with Gasteiger partial charge in [0.1, 0.15) is 0 Å². The zero-order valence-electron chi connectivity index (χ0n) is 13.8. The molecule has 1 nitrogen and oxygen atoms in total. The third kappa shape index (κ3) is 6.18. The number of benzene rings is 1. The lowest BCUT2D eigenvalue weighted by Gasteiger charge is -2.34. The van der Waals surface area contributed by atoms with E-state index in [9.17, 15) is 0 Å². The Morgan fingerprint density at radius 3 is 2.38 bits per heavy atom. The van der Waals surface area contributed by atoms with E-state index >= 15 is 0 Å². The molecule has 0 aromatic heterocycles. The summed E-state index contributed by atoms with van der Waals surface area (Å²) in [5.74, 6) is 0. The molecule has 1 rings (SSSR count). The maximum Gasteiger partial charge on any atom is 0.0595 e. The Hall–Kier alpha value is -0.240. The molecule has 0 saturated heterocycles. The van der Waals surface area contributed by atoms with Crippen LogP contribution in [-0.4, -0.2) is 12.6 Å². The van der Waals surface area contributed by atoms with Crippen LogP contribution in [0, 0.1) is 5.41 Å². The average Bonchev–Trinajstić information content (AvgIpc) is 2.46. The molecule has 21 heavy (non-hydrogen) atoms. The van der Waals surface area contributed by atoms with Crippen LogP contribution in [0.5, 0.6) is 0 Å². The van der Waals surface area contributed by atoms with E-state index in [0.717, 1.165) is 13.0 Å². The minimum absolute atomic E-state index is 0.303. The Morgan fingerprint density at radius 2 is 1.86 bits per heavy atom. The first-order valence-electron chi connectivity index (χ1n) is 8.09. The molecule has 0 radical (unpaired) electrons. The lowest BCUT2D eigenvalue weighted by molar-refractivity contribution is 0.223. The van der Waals surface area contributed by atoms with E-state index in [1.807, 2.05) is 12.1 Å². The van der Waals surface area contributed by atoms with Crippen LogP contribution < -0.4 is 5.32 Å². The second kappa shape index (κ2) is 9.02. The molecule has 120 valence electrons. The summed E-state index contributed by atoms with van der Waals surface area (Å²) in [6, 6.07) is 6.57. The molecule has 0 saturated carbocycles. The van der Waals surface area contributed by atoms with Gasteiger partial charge in [0.15, 0.2) is 0 Å². The van der Waals surface area contributed by atoms with Gasteiger partial charge in [-0.2, -0.15) is 0 Å². The van der Waals surface area contributed by atoms with Crippen LogP contribution in [0.15, 0.2) is 18.2 Å². The smallest absolute Gasteiger partial charge is 0.0595 e. The van der Waals surface area contributed by atoms with E-state index in [-0.39, 0.29) is 0 Å². The maximum atomic E-state index is 6.17. The molecule has 1 aromatic carbocycles. The summed E-state index contributed by atoms with van der Waals surface area (Å²) in [6.07, 6.45) is 5.99. The van der Waals surface area contributed by atoms with E-state index in [4.69, 9.17) is 23.2 Å². The van der Waals surface area contributed by atoms with E-state index in [1.165, 1.54) is 31.2 Å². The van der Waals surface area contributed by atoms with Crippen molar-refractivity contribution in [1.29, 1.82) is 0 Å². The molecule has 0 spiro atoms. The summed E-state index contributed by atoms with van der Waals surface area (Å²) >= 11 is 12.2. The fraction of sp³-hybridized carbons (Fsp3) is 0.667. The second-order valence-electron chi connectivity index (χ2n) is 6.42. The molecule has 0 aliphatic carbocycles. The molecule has 0 heterocycles. The van der Waals surface area contributed by atoms with Crippen LogP contribution in [0.4, 0.5) is 0 Å². The van der Waals surface area contributed by atoms with Crippen molar-refractivity contribution in [2.75, 3.05) is 6.54 Å². The van der Waals surface area contributed by atoms with Gasteiger partial charge in [0.05, 0.1) is 10.0 Å². The number of rotatable bonds is 9. The van der Waals surface area contributed by atoms with Gasteiger partial charge < -0.3 is 5.32 Å². The van der Waals surface area contributed by atoms with Crippen LogP contribution in [0.1, 0.15) is 58.9 Å². The average molecular weight is 330 g/mol. The third-order valence-corrected chi connectivity index (χ3v) is 5.00. The fourth-order valence-corrected chi connectivity index (χ4v) is 3.04. The fourth-order valence-electron chi connectivity index (χ4n) is 2.72. The highest BCUT2D eigenvalue weighted by atomic mass is 35.5. The molecule has 0 aliphatic heterocycles. The molecule has 1 unspecified atom stereocenters. The van der Waals surface area contributed by atoms with Gasteiger partial charge in [0, 0.05) is 12.6 Å². The summed E-state index contributed by atoms with van der Waals surface area (Å²) < 4.78 is 0. The van der Waals surface area contributed by atoms with Crippen molar-refractivity contribution < 1.29 is 0 Å². The molecule has 0 aliphatic rings. The summed E-state index contributed by atoms with van der Waals surface area (Å²) in [6.45, 7) is 10.0. The molecule has 1 atom stereocenters. The molecule has 0 bridgehead atoms. The summed E-state index contributed by atoms with van der Waals surface area (Å²) in [7, 11) is 0. The van der Waals surface area contributed by atoms with Crippen LogP contribution in [0.3, 0.4) is 0 Å². The topological polar surface area (TPSA) is 12.0 Å². The largest absolute Gasteiger partial charge is 0.314 e. The molecular weight excluding hydrogens is 301 g/mol. The van der Waals surface area contributed by atoms with Crippen molar-refractivity contribution in [1.82, 2.24) is 5.32 Å². The second-order valence-corrected chi connectivity index (χ2v) is 7.23. The highest BCUT2D eigenvalue weighted by Crippen LogP contribution is 2.34. The first kappa shape index (κ1) is 18.8. The standard InChI is InChI=1S/C18H29Cl2N/c1-5-7-10-18(6-2,13-21-14(3)4)12-15-8-9-16(19)17(20)11-15/h8-9,11,14,21H,5-7,10,12-13H2,1-4H3. The van der Waals surface area contributed by atoms with Crippen molar-refractivity contribution in [3.63, 3.8) is 0 Å². The lowest BCUT2D eigenvalue weighted by atomic mass is 9.75. The van der Waals surface area contributed by atoms with Gasteiger partial charge in [-0.05, 0) is 42.4 Å². The quantitative estimate of drug-likeness (QED) is 0.575. The molecule has 0 amide bonds. The van der Waals surface area contributed by atoms with Crippen molar-refractivity contribution in [3.8, 4) is 0 Å². The van der Waals surface area contributed by atoms with Crippen LogP contribution in [0.25, 0.3) is 0 Å². The normalized spacial score (nSPS) is 14.4. The first-order valence-corrected chi connectivity index (χ1v) is 8.85. The summed E-state index contributed by atoms with van der Waals surface area (Å²) in [5, 5.41) is 4.93. The summed E-state index contributed by atoms with van der Waals surface area (Å²) in [5.41, 5.74) is 1.59. The van der Waals surface area contributed by atoms with E-state index < -0.39 is 0 Å². The van der Waals surface area contributed by atoms with Crippen molar-refractivity contribution in [3.05, 3.63) is 33.8 Å². The minimum Gasteiger partial charge on any atom is -0.314 e. The zero-order chi connectivity index (χ0) is 15.9. The van der Waals surface area contributed by atoms with Crippen LogP contribution in [-0.2, 0) is 6.42 Å². The third-order valence-electron chi connectivity index (χ3n) is 4.26. The predicted octanol–water partition coefficient (Wildman–Crippen LogP) is 6.12. The Balaban J connectivity index is 2.89. The predicted molar refractivity (Wildman–Crippen MR) is 95.6 cm³/mol. The Labute approximate surface area is 140 Å². The lowest BCUT2D eigenvalue weighted by Crippen LogP contribution is -2.39.